The lowest BCUT2D eigenvalue weighted by Crippen LogP contribution is -2.47. The normalized spacial score (nSPS) is 14.4. The summed E-state index contributed by atoms with van der Waals surface area (Å²) in [5.74, 6) is -0.592. The van der Waals surface area contributed by atoms with E-state index in [0.717, 1.165) is 122 Å². The molecule has 0 spiro atoms. The van der Waals surface area contributed by atoms with E-state index in [1.807, 2.05) is 33.3 Å². The molecule has 0 aliphatic heterocycles. The van der Waals surface area contributed by atoms with E-state index in [9.17, 15) is 19.0 Å². The number of carbonyl (C=O) groups excluding carboxylic acids is 2. The van der Waals surface area contributed by atoms with E-state index >= 15 is 0 Å². The van der Waals surface area contributed by atoms with Crippen LogP contribution in [0.2, 0.25) is 0 Å². The van der Waals surface area contributed by atoms with Gasteiger partial charge in [0.05, 0.1) is 33.8 Å². The summed E-state index contributed by atoms with van der Waals surface area (Å²) in [6.45, 7) is 6.66. The molecule has 0 heterocycles. The van der Waals surface area contributed by atoms with Crippen LogP contribution in [-0.4, -0.2) is 69.4 Å². The molecule has 0 aromatic rings. The van der Waals surface area contributed by atoms with Crippen molar-refractivity contribution in [3.05, 3.63) is 122 Å². The fraction of sp³-hybridized carbons (Fsp3) is 0.690. The number of hydrogen-bond donors (Lipinski definition) is 1. The van der Waals surface area contributed by atoms with Crippen molar-refractivity contribution in [1.82, 2.24) is 5.32 Å². The lowest BCUT2D eigenvalue weighted by Gasteiger charge is -2.30. The molecule has 0 saturated carbocycles. The summed E-state index contributed by atoms with van der Waals surface area (Å²) in [6, 6.07) is -0.914. The van der Waals surface area contributed by atoms with Gasteiger partial charge >= 0.3 is 5.97 Å². The van der Waals surface area contributed by atoms with Crippen LogP contribution in [-0.2, 0) is 27.9 Å². The number of nitrogens with zero attached hydrogens (tertiary/aromatic N) is 1. The number of unbranched alkanes of at least 4 members (excludes halogenated alkanes) is 24. The van der Waals surface area contributed by atoms with Crippen LogP contribution < -0.4 is 10.2 Å². The number of allylic oxidation sites excluding steroid dienone is 19. The average Bonchev–Trinajstić information content (AvgIpc) is 3.44. The molecule has 464 valence electrons. The van der Waals surface area contributed by atoms with Gasteiger partial charge in [0.25, 0.3) is 7.82 Å². The molecule has 3 unspecified atom stereocenters. The third-order valence-corrected chi connectivity index (χ3v) is 14.8. The van der Waals surface area contributed by atoms with Gasteiger partial charge in [0.2, 0.25) is 5.91 Å². The highest BCUT2D eigenvalue weighted by Gasteiger charge is 2.27. The number of phosphoric ester groups is 1. The highest BCUT2D eigenvalue weighted by atomic mass is 31.2. The van der Waals surface area contributed by atoms with Gasteiger partial charge in [0, 0.05) is 12.8 Å². The van der Waals surface area contributed by atoms with Crippen LogP contribution in [0.1, 0.15) is 265 Å². The van der Waals surface area contributed by atoms with Gasteiger partial charge < -0.3 is 28.5 Å². The van der Waals surface area contributed by atoms with Gasteiger partial charge in [-0.2, -0.15) is 0 Å². The molecule has 1 N–H and O–H groups in total. The minimum Gasteiger partial charge on any atom is -0.756 e. The maximum absolute atomic E-state index is 13.6. The molecule has 3 atom stereocenters. The smallest absolute Gasteiger partial charge is 0.306 e. The second kappa shape index (κ2) is 59.6. The Morgan fingerprint density at radius 3 is 1.22 bits per heavy atom. The topological polar surface area (TPSA) is 114 Å². The molecule has 0 aromatic carbocycles. The van der Waals surface area contributed by atoms with Gasteiger partial charge in [0.1, 0.15) is 19.3 Å². The Labute approximate surface area is 499 Å². The van der Waals surface area contributed by atoms with Gasteiger partial charge in [-0.25, -0.2) is 0 Å². The largest absolute Gasteiger partial charge is 0.756 e. The lowest BCUT2D eigenvalue weighted by atomic mass is 10.0. The Hall–Kier alpha value is -3.59. The maximum Gasteiger partial charge on any atom is 0.306 e. The van der Waals surface area contributed by atoms with Crippen molar-refractivity contribution in [3.8, 4) is 0 Å². The molecule has 0 aliphatic rings. The Balaban J connectivity index is 5.19. The first kappa shape index (κ1) is 77.4. The van der Waals surface area contributed by atoms with E-state index in [4.69, 9.17) is 13.8 Å². The zero-order valence-electron chi connectivity index (χ0n) is 52.9. The number of likely N-dealkylation sites (N-methyl/N-ethyl adjacent to an activating group) is 1. The quantitative estimate of drug-likeness (QED) is 0.0212. The lowest BCUT2D eigenvalue weighted by molar-refractivity contribution is -0.870. The van der Waals surface area contributed by atoms with Crippen molar-refractivity contribution in [1.29, 1.82) is 0 Å². The van der Waals surface area contributed by atoms with E-state index < -0.39 is 26.6 Å². The molecule has 81 heavy (non-hydrogen) atoms. The van der Waals surface area contributed by atoms with Gasteiger partial charge in [-0.3, -0.25) is 14.2 Å². The number of amides is 1. The second-order valence-electron chi connectivity index (χ2n) is 22.9. The number of carbonyl (C=O) groups is 2. The van der Waals surface area contributed by atoms with Crippen LogP contribution in [0.15, 0.2) is 122 Å². The van der Waals surface area contributed by atoms with E-state index in [-0.39, 0.29) is 24.9 Å². The highest BCUT2D eigenvalue weighted by molar-refractivity contribution is 7.45. The zero-order valence-corrected chi connectivity index (χ0v) is 53.8. The molecule has 0 radical (unpaired) electrons. The summed E-state index contributed by atoms with van der Waals surface area (Å²) in [7, 11) is 1.15. The summed E-state index contributed by atoms with van der Waals surface area (Å²) >= 11 is 0. The van der Waals surface area contributed by atoms with Gasteiger partial charge in [-0.15, -0.1) is 0 Å². The van der Waals surface area contributed by atoms with Crippen molar-refractivity contribution in [2.75, 3.05) is 40.9 Å². The summed E-state index contributed by atoms with van der Waals surface area (Å²) in [4.78, 5) is 40.0. The molecular weight excluding hydrogens is 1020 g/mol. The SMILES string of the molecule is CC/C=C\C/C=C\C/C=C\C/C=C\C/C=C\CCCCCC(=O)OC(/C=C\CCCCCCCCCCC)C(COP(=O)([O-])OCC[N+](C)(C)C)NC(=O)CCCCCCCCCCC/C=C\C/C=C\C/C=C\C/C=C\CCCCC. The number of phosphoric acid groups is 1. The van der Waals surface area contributed by atoms with Crippen LogP contribution in [0.3, 0.4) is 0 Å². The molecule has 0 aromatic heterocycles. The molecule has 0 aliphatic carbocycles. The predicted molar refractivity (Wildman–Crippen MR) is 348 cm³/mol. The van der Waals surface area contributed by atoms with Gasteiger partial charge in [0.15, 0.2) is 0 Å². The maximum atomic E-state index is 13.6. The minimum atomic E-state index is -4.72. The van der Waals surface area contributed by atoms with Crippen LogP contribution >= 0.6 is 7.82 Å². The van der Waals surface area contributed by atoms with E-state index in [1.54, 1.807) is 0 Å². The zero-order chi connectivity index (χ0) is 59.3. The van der Waals surface area contributed by atoms with E-state index in [1.165, 1.54) is 103 Å². The molecule has 0 rings (SSSR count). The first-order chi connectivity index (χ1) is 39.4. The Bertz CT molecular complexity index is 1800. The van der Waals surface area contributed by atoms with Crippen LogP contribution in [0.5, 0.6) is 0 Å². The number of quaternary nitrogens is 1. The van der Waals surface area contributed by atoms with E-state index in [0.29, 0.717) is 23.9 Å². The summed E-state index contributed by atoms with van der Waals surface area (Å²) in [6.07, 6.45) is 83.1. The van der Waals surface area contributed by atoms with Gasteiger partial charge in [-0.1, -0.05) is 252 Å². The first-order valence-corrected chi connectivity index (χ1v) is 34.3. The second-order valence-corrected chi connectivity index (χ2v) is 24.3. The standard InChI is InChI=1S/C71H123N2O7P/c1-7-10-13-16-19-22-25-27-29-31-33-34-35-36-37-38-40-41-43-45-48-51-54-57-60-63-70(74)72-68(67-79-81(76,77)78-66-65-73(4,5)6)69(62-59-56-53-50-47-24-21-18-15-12-9-3)80-71(75)64-61-58-55-52-49-46-44-42-39-32-30-28-26-23-20-17-14-11-8-2/h11,14,19-20,22-23,27-30,33-34,36-37,39,42,46,49,59,62,68-69H,7-10,12-13,15-18,21,24-26,31-32,35,38,40-41,43-45,47-48,50-58,60-61,63-67H2,1-6H3,(H-,72,74,76,77)/b14-11-,22-19-,23-20-,29-27-,30-28-,34-33-,37-36-,42-39-,49-46-,62-59-. The molecule has 0 fully saturated rings. The van der Waals surface area contributed by atoms with Crippen LogP contribution in [0.25, 0.3) is 0 Å². The monoisotopic (exact) mass is 1150 g/mol. The Kier molecular flexibility index (Phi) is 56.9. The molecule has 10 heteroatoms. The van der Waals surface area contributed by atoms with E-state index in [2.05, 4.69) is 135 Å². The van der Waals surface area contributed by atoms with Crippen molar-refractivity contribution in [3.63, 3.8) is 0 Å². The summed E-state index contributed by atoms with van der Waals surface area (Å²) in [5.41, 5.74) is 0. The predicted octanol–water partition coefficient (Wildman–Crippen LogP) is 20.0. The molecule has 0 saturated heterocycles. The Morgan fingerprint density at radius 2 is 0.790 bits per heavy atom. The molecule has 0 bridgehead atoms. The molecule has 9 nitrogen and oxygen atoms in total. The van der Waals surface area contributed by atoms with Crippen LogP contribution in [0, 0.1) is 0 Å². The summed E-state index contributed by atoms with van der Waals surface area (Å²) < 4.78 is 30.3. The summed E-state index contributed by atoms with van der Waals surface area (Å²) in [5, 5.41) is 3.02. The first-order valence-electron chi connectivity index (χ1n) is 32.8. The van der Waals surface area contributed by atoms with Gasteiger partial charge in [-0.05, 0) is 122 Å². The fourth-order valence-electron chi connectivity index (χ4n) is 8.83. The van der Waals surface area contributed by atoms with Crippen molar-refractivity contribution < 1.29 is 37.3 Å². The third kappa shape index (κ3) is 60.8. The number of hydrogen-bond acceptors (Lipinski definition) is 7. The number of rotatable bonds is 58. The number of esters is 1. The average molecular weight is 1150 g/mol. The Morgan fingerprint density at radius 1 is 0.444 bits per heavy atom. The number of nitrogens with one attached hydrogen (secondary N) is 1. The third-order valence-electron chi connectivity index (χ3n) is 13.9. The fourth-order valence-corrected chi connectivity index (χ4v) is 9.55. The highest BCUT2D eigenvalue weighted by Crippen LogP contribution is 2.38. The van der Waals surface area contributed by atoms with Crippen molar-refractivity contribution in [2.45, 2.75) is 277 Å². The molecular formula is C71H123N2O7P. The number of ether oxygens (including phenoxy) is 1. The minimum absolute atomic E-state index is 0.0355. The van der Waals surface area contributed by atoms with Crippen molar-refractivity contribution in [2.24, 2.45) is 0 Å². The molecule has 1 amide bonds. The van der Waals surface area contributed by atoms with Crippen molar-refractivity contribution >= 4 is 19.7 Å². The van der Waals surface area contributed by atoms with Crippen LogP contribution in [0.4, 0.5) is 0 Å².